The Morgan fingerprint density at radius 1 is 0.957 bits per heavy atom. The summed E-state index contributed by atoms with van der Waals surface area (Å²) in [7, 11) is 0. The SMILES string of the molecule is Cc1cccc(-c2cc(-c3ccc(O)cc3)nc(C)c2C#N)c1. The smallest absolute Gasteiger partial charge is 0.115 e. The molecule has 3 aromatic rings. The Bertz CT molecular complexity index is 906. The number of hydrogen-bond acceptors (Lipinski definition) is 3. The van der Waals surface area contributed by atoms with E-state index in [2.05, 4.69) is 17.1 Å². The number of aromatic hydroxyl groups is 1. The summed E-state index contributed by atoms with van der Waals surface area (Å²) in [4.78, 5) is 4.55. The first-order valence-corrected chi connectivity index (χ1v) is 7.36. The van der Waals surface area contributed by atoms with Crippen molar-refractivity contribution < 1.29 is 5.11 Å². The molecule has 0 spiro atoms. The van der Waals surface area contributed by atoms with Crippen LogP contribution in [0.4, 0.5) is 0 Å². The van der Waals surface area contributed by atoms with Crippen LogP contribution in [0.15, 0.2) is 54.6 Å². The van der Waals surface area contributed by atoms with E-state index in [4.69, 9.17) is 0 Å². The van der Waals surface area contributed by atoms with E-state index in [-0.39, 0.29) is 5.75 Å². The monoisotopic (exact) mass is 300 g/mol. The van der Waals surface area contributed by atoms with Crippen LogP contribution in [0.5, 0.6) is 5.75 Å². The van der Waals surface area contributed by atoms with Gasteiger partial charge in [0.15, 0.2) is 0 Å². The van der Waals surface area contributed by atoms with Crippen molar-refractivity contribution in [3.63, 3.8) is 0 Å². The molecule has 0 fully saturated rings. The van der Waals surface area contributed by atoms with Crippen molar-refractivity contribution in [2.75, 3.05) is 0 Å². The first kappa shape index (κ1) is 14.8. The molecule has 0 saturated carbocycles. The highest BCUT2D eigenvalue weighted by molar-refractivity contribution is 5.77. The van der Waals surface area contributed by atoms with E-state index in [0.717, 1.165) is 27.9 Å². The molecule has 3 heteroatoms. The Morgan fingerprint density at radius 3 is 2.35 bits per heavy atom. The quantitative estimate of drug-likeness (QED) is 0.752. The van der Waals surface area contributed by atoms with Crippen molar-refractivity contribution in [2.24, 2.45) is 0 Å². The van der Waals surface area contributed by atoms with Crippen LogP contribution in [0.3, 0.4) is 0 Å². The molecular weight excluding hydrogens is 284 g/mol. The zero-order valence-corrected chi connectivity index (χ0v) is 13.0. The van der Waals surface area contributed by atoms with Crippen LogP contribution < -0.4 is 0 Å². The zero-order chi connectivity index (χ0) is 16.4. The fraction of sp³-hybridized carbons (Fsp3) is 0.100. The number of benzene rings is 2. The van der Waals surface area contributed by atoms with E-state index in [1.54, 1.807) is 12.1 Å². The van der Waals surface area contributed by atoms with Gasteiger partial charge in [-0.3, -0.25) is 4.98 Å². The summed E-state index contributed by atoms with van der Waals surface area (Å²) >= 11 is 0. The average Bonchev–Trinajstić information content (AvgIpc) is 2.55. The fourth-order valence-corrected chi connectivity index (χ4v) is 2.63. The second kappa shape index (κ2) is 5.94. The van der Waals surface area contributed by atoms with Gasteiger partial charge in [0, 0.05) is 11.1 Å². The maximum Gasteiger partial charge on any atom is 0.115 e. The number of rotatable bonds is 2. The molecule has 0 aliphatic rings. The Kier molecular flexibility index (Phi) is 3.82. The second-order valence-electron chi connectivity index (χ2n) is 5.54. The Hall–Kier alpha value is -3.12. The molecule has 0 saturated heterocycles. The molecule has 0 aliphatic heterocycles. The third-order valence-electron chi connectivity index (χ3n) is 3.80. The van der Waals surface area contributed by atoms with Gasteiger partial charge in [0.05, 0.1) is 17.0 Å². The molecule has 0 unspecified atom stereocenters. The van der Waals surface area contributed by atoms with Crippen molar-refractivity contribution in [1.82, 2.24) is 4.98 Å². The average molecular weight is 300 g/mol. The zero-order valence-electron chi connectivity index (χ0n) is 13.0. The van der Waals surface area contributed by atoms with Gasteiger partial charge >= 0.3 is 0 Å². The molecule has 0 atom stereocenters. The summed E-state index contributed by atoms with van der Waals surface area (Å²) in [6.45, 7) is 3.88. The third kappa shape index (κ3) is 2.93. The van der Waals surface area contributed by atoms with Gasteiger partial charge in [-0.2, -0.15) is 5.26 Å². The maximum absolute atomic E-state index is 9.50. The van der Waals surface area contributed by atoms with E-state index < -0.39 is 0 Å². The molecule has 112 valence electrons. The molecule has 2 aromatic carbocycles. The summed E-state index contributed by atoms with van der Waals surface area (Å²) in [5.41, 5.74) is 6.03. The largest absolute Gasteiger partial charge is 0.508 e. The maximum atomic E-state index is 9.50. The minimum Gasteiger partial charge on any atom is -0.508 e. The number of nitriles is 1. The van der Waals surface area contributed by atoms with Crippen LogP contribution >= 0.6 is 0 Å². The number of pyridine rings is 1. The van der Waals surface area contributed by atoms with Crippen LogP contribution in [0, 0.1) is 25.2 Å². The van der Waals surface area contributed by atoms with Gasteiger partial charge in [-0.25, -0.2) is 0 Å². The van der Waals surface area contributed by atoms with Crippen molar-refractivity contribution >= 4 is 0 Å². The lowest BCUT2D eigenvalue weighted by Gasteiger charge is -2.11. The number of aryl methyl sites for hydroxylation is 2. The van der Waals surface area contributed by atoms with Crippen molar-refractivity contribution in [3.05, 3.63) is 71.4 Å². The summed E-state index contributed by atoms with van der Waals surface area (Å²) in [6, 6.07) is 19.2. The number of aromatic nitrogens is 1. The standard InChI is InChI=1S/C20H16N2O/c1-13-4-3-5-16(10-13)18-11-20(22-14(2)19(18)12-21)15-6-8-17(23)9-7-15/h3-11,23H,1-2H3. The van der Waals surface area contributed by atoms with E-state index >= 15 is 0 Å². The number of nitrogens with zero attached hydrogens (tertiary/aromatic N) is 2. The van der Waals surface area contributed by atoms with Gasteiger partial charge in [-0.1, -0.05) is 29.8 Å². The molecule has 0 bridgehead atoms. The molecule has 1 heterocycles. The van der Waals surface area contributed by atoms with Gasteiger partial charge in [0.2, 0.25) is 0 Å². The summed E-state index contributed by atoms with van der Waals surface area (Å²) in [5, 5.41) is 18.9. The van der Waals surface area contributed by atoms with Crippen LogP contribution in [-0.4, -0.2) is 10.1 Å². The highest BCUT2D eigenvalue weighted by Crippen LogP contribution is 2.30. The Balaban J connectivity index is 2.22. The van der Waals surface area contributed by atoms with Crippen LogP contribution in [-0.2, 0) is 0 Å². The van der Waals surface area contributed by atoms with Gasteiger partial charge in [-0.05, 0) is 49.7 Å². The van der Waals surface area contributed by atoms with E-state index in [1.807, 2.05) is 50.2 Å². The number of phenols is 1. The first-order chi connectivity index (χ1) is 11.1. The topological polar surface area (TPSA) is 56.9 Å². The lowest BCUT2D eigenvalue weighted by molar-refractivity contribution is 0.475. The van der Waals surface area contributed by atoms with Crippen molar-refractivity contribution in [1.29, 1.82) is 5.26 Å². The normalized spacial score (nSPS) is 10.3. The van der Waals surface area contributed by atoms with Gasteiger partial charge in [0.1, 0.15) is 11.8 Å². The number of phenolic OH excluding ortho intramolecular Hbond substituents is 1. The van der Waals surface area contributed by atoms with E-state index in [9.17, 15) is 10.4 Å². The molecule has 3 nitrogen and oxygen atoms in total. The molecular formula is C20H16N2O. The van der Waals surface area contributed by atoms with Gasteiger partial charge < -0.3 is 5.11 Å². The highest BCUT2D eigenvalue weighted by Gasteiger charge is 2.12. The van der Waals surface area contributed by atoms with Crippen LogP contribution in [0.2, 0.25) is 0 Å². The third-order valence-corrected chi connectivity index (χ3v) is 3.80. The predicted molar refractivity (Wildman–Crippen MR) is 91.0 cm³/mol. The molecule has 3 rings (SSSR count). The van der Waals surface area contributed by atoms with Gasteiger partial charge in [-0.15, -0.1) is 0 Å². The lowest BCUT2D eigenvalue weighted by atomic mass is 9.96. The van der Waals surface area contributed by atoms with Crippen molar-refractivity contribution in [3.8, 4) is 34.2 Å². The molecule has 0 radical (unpaired) electrons. The molecule has 1 aromatic heterocycles. The molecule has 1 N–H and O–H groups in total. The molecule has 23 heavy (non-hydrogen) atoms. The van der Waals surface area contributed by atoms with Crippen LogP contribution in [0.1, 0.15) is 16.8 Å². The number of hydrogen-bond donors (Lipinski definition) is 1. The second-order valence-corrected chi connectivity index (χ2v) is 5.54. The first-order valence-electron chi connectivity index (χ1n) is 7.36. The lowest BCUT2D eigenvalue weighted by Crippen LogP contribution is -1.96. The fourth-order valence-electron chi connectivity index (χ4n) is 2.63. The Morgan fingerprint density at radius 2 is 1.70 bits per heavy atom. The Labute approximate surface area is 135 Å². The van der Waals surface area contributed by atoms with E-state index in [0.29, 0.717) is 11.3 Å². The highest BCUT2D eigenvalue weighted by atomic mass is 16.3. The van der Waals surface area contributed by atoms with Crippen LogP contribution in [0.25, 0.3) is 22.4 Å². The summed E-state index contributed by atoms with van der Waals surface area (Å²) < 4.78 is 0. The van der Waals surface area contributed by atoms with E-state index in [1.165, 1.54) is 0 Å². The molecule has 0 aliphatic carbocycles. The van der Waals surface area contributed by atoms with Gasteiger partial charge in [0.25, 0.3) is 0 Å². The minimum absolute atomic E-state index is 0.220. The summed E-state index contributed by atoms with van der Waals surface area (Å²) in [5.74, 6) is 0.220. The predicted octanol–water partition coefficient (Wildman–Crippen LogP) is 4.61. The van der Waals surface area contributed by atoms with Crippen molar-refractivity contribution in [2.45, 2.75) is 13.8 Å². The minimum atomic E-state index is 0.220. The summed E-state index contributed by atoms with van der Waals surface area (Å²) in [6.07, 6.45) is 0. The molecule has 0 amide bonds.